The molecule has 0 fully saturated rings. The van der Waals surface area contributed by atoms with E-state index >= 15 is 0 Å². The minimum atomic E-state index is 0.917. The summed E-state index contributed by atoms with van der Waals surface area (Å²) >= 11 is 0. The van der Waals surface area contributed by atoms with Crippen LogP contribution < -0.4 is 4.74 Å². The number of para-hydroxylation sites is 1. The summed E-state index contributed by atoms with van der Waals surface area (Å²) in [6.07, 6.45) is 6.32. The van der Waals surface area contributed by atoms with Crippen LogP contribution in [0.4, 0.5) is 0 Å². The van der Waals surface area contributed by atoms with Gasteiger partial charge in [-0.25, -0.2) is 0 Å². The number of allylic oxidation sites excluding steroid dienone is 3. The summed E-state index contributed by atoms with van der Waals surface area (Å²) in [6.45, 7) is 2.16. The normalized spacial score (nSPS) is 14.9. The maximum Gasteiger partial charge on any atom is 0.127 e. The Labute approximate surface area is 84.7 Å². The van der Waals surface area contributed by atoms with Crippen molar-refractivity contribution in [3.05, 3.63) is 53.8 Å². The summed E-state index contributed by atoms with van der Waals surface area (Å²) in [4.78, 5) is 0. The molecule has 14 heavy (non-hydrogen) atoms. The van der Waals surface area contributed by atoms with E-state index in [1.165, 1.54) is 5.57 Å². The first-order valence-electron chi connectivity index (χ1n) is 5.01. The van der Waals surface area contributed by atoms with E-state index in [1.807, 2.05) is 30.3 Å². The number of benzene rings is 1. The van der Waals surface area contributed by atoms with Crippen molar-refractivity contribution < 1.29 is 4.74 Å². The van der Waals surface area contributed by atoms with Crippen LogP contribution in [0, 0.1) is 0 Å². The van der Waals surface area contributed by atoms with Gasteiger partial charge in [-0.2, -0.15) is 0 Å². The third-order valence-corrected chi connectivity index (χ3v) is 2.38. The van der Waals surface area contributed by atoms with E-state index in [0.717, 1.165) is 24.4 Å². The van der Waals surface area contributed by atoms with Gasteiger partial charge >= 0.3 is 0 Å². The zero-order valence-corrected chi connectivity index (χ0v) is 8.36. The SMILES string of the molecule is CCC1=C(Oc2ccccc2)C=CC1. The van der Waals surface area contributed by atoms with Gasteiger partial charge < -0.3 is 4.74 Å². The maximum absolute atomic E-state index is 5.77. The molecule has 0 N–H and O–H groups in total. The fourth-order valence-electron chi connectivity index (χ4n) is 1.57. The first-order chi connectivity index (χ1) is 6.90. The van der Waals surface area contributed by atoms with E-state index in [2.05, 4.69) is 19.1 Å². The molecule has 0 amide bonds. The van der Waals surface area contributed by atoms with Gasteiger partial charge in [0.05, 0.1) is 0 Å². The first kappa shape index (κ1) is 9.07. The lowest BCUT2D eigenvalue weighted by Gasteiger charge is -2.07. The molecule has 0 aromatic heterocycles. The molecule has 0 atom stereocenters. The van der Waals surface area contributed by atoms with E-state index in [4.69, 9.17) is 4.74 Å². The molecule has 0 aliphatic heterocycles. The smallest absolute Gasteiger partial charge is 0.127 e. The number of ether oxygens (including phenoxy) is 1. The highest BCUT2D eigenvalue weighted by Gasteiger charge is 2.08. The summed E-state index contributed by atoms with van der Waals surface area (Å²) in [5.41, 5.74) is 1.38. The highest BCUT2D eigenvalue weighted by Crippen LogP contribution is 2.24. The molecule has 2 rings (SSSR count). The van der Waals surface area contributed by atoms with Crippen molar-refractivity contribution in [2.45, 2.75) is 19.8 Å². The van der Waals surface area contributed by atoms with Gasteiger partial charge in [0.1, 0.15) is 11.5 Å². The molecule has 0 saturated heterocycles. The molecule has 1 aromatic rings. The maximum atomic E-state index is 5.77. The van der Waals surface area contributed by atoms with Crippen LogP contribution >= 0.6 is 0 Å². The number of hydrogen-bond donors (Lipinski definition) is 0. The lowest BCUT2D eigenvalue weighted by molar-refractivity contribution is 0.438. The molecule has 1 aliphatic carbocycles. The standard InChI is InChI=1S/C13H14O/c1-2-11-7-6-10-13(11)14-12-8-4-3-5-9-12/h3-6,8-10H,2,7H2,1H3. The predicted octanol–water partition coefficient (Wildman–Crippen LogP) is 3.69. The Hall–Kier alpha value is -1.50. The molecular weight excluding hydrogens is 172 g/mol. The minimum absolute atomic E-state index is 0.917. The van der Waals surface area contributed by atoms with Crippen molar-refractivity contribution in [3.63, 3.8) is 0 Å². The van der Waals surface area contributed by atoms with E-state index in [1.54, 1.807) is 0 Å². The van der Waals surface area contributed by atoms with Crippen LogP contribution in [-0.4, -0.2) is 0 Å². The summed E-state index contributed by atoms with van der Waals surface area (Å²) in [5, 5.41) is 0. The lowest BCUT2D eigenvalue weighted by atomic mass is 10.2. The average Bonchev–Trinajstić information content (AvgIpc) is 2.67. The third kappa shape index (κ3) is 1.87. The summed E-state index contributed by atoms with van der Waals surface area (Å²) in [5.74, 6) is 1.94. The van der Waals surface area contributed by atoms with Crippen LogP contribution in [0.5, 0.6) is 5.75 Å². The van der Waals surface area contributed by atoms with Crippen molar-refractivity contribution in [2.75, 3.05) is 0 Å². The molecule has 0 heterocycles. The summed E-state index contributed by atoms with van der Waals surface area (Å²) in [7, 11) is 0. The largest absolute Gasteiger partial charge is 0.457 e. The zero-order valence-electron chi connectivity index (χ0n) is 8.36. The fraction of sp³-hybridized carbons (Fsp3) is 0.231. The van der Waals surface area contributed by atoms with Gasteiger partial charge in [-0.15, -0.1) is 0 Å². The first-order valence-corrected chi connectivity index (χ1v) is 5.01. The van der Waals surface area contributed by atoms with Crippen LogP contribution in [0.15, 0.2) is 53.8 Å². The van der Waals surface area contributed by atoms with Crippen LogP contribution in [-0.2, 0) is 0 Å². The Morgan fingerprint density at radius 2 is 2.00 bits per heavy atom. The Morgan fingerprint density at radius 1 is 1.21 bits per heavy atom. The summed E-state index contributed by atoms with van der Waals surface area (Å²) in [6, 6.07) is 9.92. The van der Waals surface area contributed by atoms with Crippen molar-refractivity contribution >= 4 is 0 Å². The van der Waals surface area contributed by atoms with Gasteiger partial charge in [0.25, 0.3) is 0 Å². The van der Waals surface area contributed by atoms with Crippen molar-refractivity contribution in [1.82, 2.24) is 0 Å². The molecule has 72 valence electrons. The molecule has 1 aliphatic rings. The molecule has 0 radical (unpaired) electrons. The molecule has 0 spiro atoms. The number of rotatable bonds is 3. The van der Waals surface area contributed by atoms with E-state index in [0.29, 0.717) is 0 Å². The second-order valence-electron chi connectivity index (χ2n) is 3.34. The average molecular weight is 186 g/mol. The quantitative estimate of drug-likeness (QED) is 0.699. The molecule has 0 unspecified atom stereocenters. The molecule has 1 heteroatoms. The predicted molar refractivity (Wildman–Crippen MR) is 58.1 cm³/mol. The van der Waals surface area contributed by atoms with Crippen molar-refractivity contribution in [1.29, 1.82) is 0 Å². The topological polar surface area (TPSA) is 9.23 Å². The van der Waals surface area contributed by atoms with Gasteiger partial charge in [-0.1, -0.05) is 31.2 Å². The van der Waals surface area contributed by atoms with E-state index < -0.39 is 0 Å². The van der Waals surface area contributed by atoms with Crippen LogP contribution in [0.25, 0.3) is 0 Å². The van der Waals surface area contributed by atoms with Gasteiger partial charge in [0.15, 0.2) is 0 Å². The number of hydrogen-bond acceptors (Lipinski definition) is 1. The van der Waals surface area contributed by atoms with E-state index in [-0.39, 0.29) is 0 Å². The third-order valence-electron chi connectivity index (χ3n) is 2.38. The summed E-state index contributed by atoms with van der Waals surface area (Å²) < 4.78 is 5.77. The minimum Gasteiger partial charge on any atom is -0.457 e. The van der Waals surface area contributed by atoms with Crippen LogP contribution in [0.2, 0.25) is 0 Å². The molecule has 0 saturated carbocycles. The van der Waals surface area contributed by atoms with Gasteiger partial charge in [-0.05, 0) is 36.6 Å². The second kappa shape index (κ2) is 4.14. The van der Waals surface area contributed by atoms with Crippen molar-refractivity contribution in [2.24, 2.45) is 0 Å². The lowest BCUT2D eigenvalue weighted by Crippen LogP contribution is -1.93. The van der Waals surface area contributed by atoms with Crippen LogP contribution in [0.3, 0.4) is 0 Å². The second-order valence-corrected chi connectivity index (χ2v) is 3.34. The van der Waals surface area contributed by atoms with Gasteiger partial charge in [-0.3, -0.25) is 0 Å². The zero-order chi connectivity index (χ0) is 9.80. The molecule has 1 nitrogen and oxygen atoms in total. The van der Waals surface area contributed by atoms with E-state index in [9.17, 15) is 0 Å². The molecular formula is C13H14O. The molecule has 0 bridgehead atoms. The Morgan fingerprint density at radius 3 is 2.71 bits per heavy atom. The Kier molecular flexibility index (Phi) is 2.68. The van der Waals surface area contributed by atoms with Crippen LogP contribution in [0.1, 0.15) is 19.8 Å². The molecule has 1 aromatic carbocycles. The van der Waals surface area contributed by atoms with Crippen molar-refractivity contribution in [3.8, 4) is 5.75 Å². The monoisotopic (exact) mass is 186 g/mol. The fourth-order valence-corrected chi connectivity index (χ4v) is 1.57. The van der Waals surface area contributed by atoms with Gasteiger partial charge in [0.2, 0.25) is 0 Å². The Bertz CT molecular complexity index is 360. The highest BCUT2D eigenvalue weighted by atomic mass is 16.5. The highest BCUT2D eigenvalue weighted by molar-refractivity contribution is 5.34. The Balaban J connectivity index is 2.15. The van der Waals surface area contributed by atoms with Gasteiger partial charge in [0, 0.05) is 0 Å².